The lowest BCUT2D eigenvalue weighted by molar-refractivity contribution is 0.146. The summed E-state index contributed by atoms with van der Waals surface area (Å²) in [5.41, 5.74) is 7.72. The highest BCUT2D eigenvalue weighted by Crippen LogP contribution is 2.32. The summed E-state index contributed by atoms with van der Waals surface area (Å²) in [6, 6.07) is 5.90. The standard InChI is InChI=1S/C14H22N2O2/c1-17-9-10-18-14-11-12(15)5-6-13(14)16-7-3-2-4-8-16/h5-6,11H,2-4,7-10,15H2,1H3. The van der Waals surface area contributed by atoms with Crippen molar-refractivity contribution in [3.63, 3.8) is 0 Å². The van der Waals surface area contributed by atoms with Gasteiger partial charge in [-0.05, 0) is 31.4 Å². The summed E-state index contributed by atoms with van der Waals surface area (Å²) in [5, 5.41) is 0. The number of piperidine rings is 1. The van der Waals surface area contributed by atoms with Gasteiger partial charge in [0.15, 0.2) is 0 Å². The van der Waals surface area contributed by atoms with Crippen LogP contribution >= 0.6 is 0 Å². The first-order valence-corrected chi connectivity index (χ1v) is 6.57. The molecule has 1 aliphatic rings. The van der Waals surface area contributed by atoms with Crippen molar-refractivity contribution in [1.29, 1.82) is 0 Å². The van der Waals surface area contributed by atoms with Gasteiger partial charge in [0.05, 0.1) is 12.3 Å². The second-order valence-electron chi connectivity index (χ2n) is 4.62. The van der Waals surface area contributed by atoms with Crippen molar-refractivity contribution in [3.8, 4) is 5.75 Å². The van der Waals surface area contributed by atoms with Gasteiger partial charge in [-0.3, -0.25) is 0 Å². The summed E-state index contributed by atoms with van der Waals surface area (Å²) in [6.45, 7) is 3.35. The molecule has 2 rings (SSSR count). The minimum Gasteiger partial charge on any atom is -0.489 e. The van der Waals surface area contributed by atoms with Crippen molar-refractivity contribution in [1.82, 2.24) is 0 Å². The van der Waals surface area contributed by atoms with E-state index in [0.29, 0.717) is 13.2 Å². The summed E-state index contributed by atoms with van der Waals surface area (Å²) >= 11 is 0. The topological polar surface area (TPSA) is 47.7 Å². The molecule has 0 saturated carbocycles. The lowest BCUT2D eigenvalue weighted by atomic mass is 10.1. The Kier molecular flexibility index (Phi) is 4.70. The van der Waals surface area contributed by atoms with Crippen molar-refractivity contribution in [3.05, 3.63) is 18.2 Å². The van der Waals surface area contributed by atoms with Gasteiger partial charge in [-0.25, -0.2) is 0 Å². The number of nitrogen functional groups attached to an aromatic ring is 1. The fourth-order valence-corrected chi connectivity index (χ4v) is 2.28. The van der Waals surface area contributed by atoms with Gasteiger partial charge >= 0.3 is 0 Å². The molecular weight excluding hydrogens is 228 g/mol. The first-order valence-electron chi connectivity index (χ1n) is 6.57. The molecular formula is C14H22N2O2. The molecule has 0 aromatic heterocycles. The van der Waals surface area contributed by atoms with Gasteiger partial charge in [0, 0.05) is 32.0 Å². The van der Waals surface area contributed by atoms with Gasteiger partial charge in [0.2, 0.25) is 0 Å². The number of hydrogen-bond donors (Lipinski definition) is 1. The second-order valence-corrected chi connectivity index (χ2v) is 4.62. The van der Waals surface area contributed by atoms with Gasteiger partial charge in [0.25, 0.3) is 0 Å². The van der Waals surface area contributed by atoms with Crippen LogP contribution < -0.4 is 15.4 Å². The normalized spacial score (nSPS) is 15.7. The molecule has 1 aromatic rings. The predicted molar refractivity (Wildman–Crippen MR) is 74.3 cm³/mol. The average Bonchev–Trinajstić information content (AvgIpc) is 2.40. The Hall–Kier alpha value is -1.42. The molecule has 1 heterocycles. The molecule has 100 valence electrons. The fraction of sp³-hybridized carbons (Fsp3) is 0.571. The van der Waals surface area contributed by atoms with E-state index in [1.165, 1.54) is 19.3 Å². The quantitative estimate of drug-likeness (QED) is 0.643. The molecule has 0 radical (unpaired) electrons. The Morgan fingerprint density at radius 3 is 2.67 bits per heavy atom. The number of ether oxygens (including phenoxy) is 2. The maximum atomic E-state index is 5.83. The minimum absolute atomic E-state index is 0.556. The van der Waals surface area contributed by atoms with Crippen molar-refractivity contribution in [2.24, 2.45) is 0 Å². The highest BCUT2D eigenvalue weighted by molar-refractivity contribution is 5.64. The highest BCUT2D eigenvalue weighted by Gasteiger charge is 2.15. The van der Waals surface area contributed by atoms with Gasteiger partial charge in [0.1, 0.15) is 12.4 Å². The van der Waals surface area contributed by atoms with Crippen LogP contribution in [0.4, 0.5) is 11.4 Å². The van der Waals surface area contributed by atoms with E-state index in [0.717, 1.165) is 30.2 Å². The Bertz CT molecular complexity index is 376. The van der Waals surface area contributed by atoms with Crippen LogP contribution in [0.2, 0.25) is 0 Å². The van der Waals surface area contributed by atoms with E-state index < -0.39 is 0 Å². The first-order chi connectivity index (χ1) is 8.81. The molecule has 2 N–H and O–H groups in total. The monoisotopic (exact) mass is 250 g/mol. The minimum atomic E-state index is 0.556. The summed E-state index contributed by atoms with van der Waals surface area (Å²) in [4.78, 5) is 2.38. The third-order valence-electron chi connectivity index (χ3n) is 3.23. The van der Waals surface area contributed by atoms with Gasteiger partial charge in [-0.1, -0.05) is 0 Å². The summed E-state index contributed by atoms with van der Waals surface area (Å²) < 4.78 is 10.8. The van der Waals surface area contributed by atoms with E-state index >= 15 is 0 Å². The molecule has 1 fully saturated rings. The number of nitrogens with two attached hydrogens (primary N) is 1. The summed E-state index contributed by atoms with van der Waals surface area (Å²) in [6.07, 6.45) is 3.83. The number of hydrogen-bond acceptors (Lipinski definition) is 4. The van der Waals surface area contributed by atoms with E-state index in [1.54, 1.807) is 7.11 Å². The van der Waals surface area contributed by atoms with Crippen molar-refractivity contribution in [2.75, 3.05) is 44.0 Å². The van der Waals surface area contributed by atoms with Crippen molar-refractivity contribution >= 4 is 11.4 Å². The van der Waals surface area contributed by atoms with Crippen LogP contribution in [0.5, 0.6) is 5.75 Å². The molecule has 0 bridgehead atoms. The third-order valence-corrected chi connectivity index (χ3v) is 3.23. The van der Waals surface area contributed by atoms with Crippen LogP contribution in [0.1, 0.15) is 19.3 Å². The second kappa shape index (κ2) is 6.50. The molecule has 4 heteroatoms. The molecule has 0 amide bonds. The molecule has 0 unspecified atom stereocenters. The number of anilines is 2. The molecule has 1 aromatic carbocycles. The van der Waals surface area contributed by atoms with E-state index in [-0.39, 0.29) is 0 Å². The van der Waals surface area contributed by atoms with Crippen LogP contribution in [0.25, 0.3) is 0 Å². The molecule has 0 spiro atoms. The zero-order chi connectivity index (χ0) is 12.8. The zero-order valence-electron chi connectivity index (χ0n) is 11.0. The molecule has 1 aliphatic heterocycles. The number of benzene rings is 1. The lowest BCUT2D eigenvalue weighted by Gasteiger charge is -2.30. The van der Waals surface area contributed by atoms with Crippen molar-refractivity contribution < 1.29 is 9.47 Å². The fourth-order valence-electron chi connectivity index (χ4n) is 2.28. The Balaban J connectivity index is 2.11. The largest absolute Gasteiger partial charge is 0.489 e. The molecule has 4 nitrogen and oxygen atoms in total. The van der Waals surface area contributed by atoms with E-state index in [4.69, 9.17) is 15.2 Å². The highest BCUT2D eigenvalue weighted by atomic mass is 16.5. The maximum absolute atomic E-state index is 5.83. The van der Waals surface area contributed by atoms with Crippen LogP contribution in [0.3, 0.4) is 0 Å². The molecule has 0 aliphatic carbocycles. The molecule has 1 saturated heterocycles. The van der Waals surface area contributed by atoms with Crippen LogP contribution in [-0.2, 0) is 4.74 Å². The van der Waals surface area contributed by atoms with Gasteiger partial charge < -0.3 is 20.1 Å². The Morgan fingerprint density at radius 2 is 1.94 bits per heavy atom. The number of rotatable bonds is 5. The Labute approximate surface area is 109 Å². The number of nitrogens with zero attached hydrogens (tertiary/aromatic N) is 1. The Morgan fingerprint density at radius 1 is 1.17 bits per heavy atom. The zero-order valence-corrected chi connectivity index (χ0v) is 11.0. The van der Waals surface area contributed by atoms with E-state index in [1.807, 2.05) is 12.1 Å². The smallest absolute Gasteiger partial charge is 0.144 e. The van der Waals surface area contributed by atoms with Crippen LogP contribution in [0, 0.1) is 0 Å². The van der Waals surface area contributed by atoms with E-state index in [9.17, 15) is 0 Å². The molecule has 0 atom stereocenters. The van der Waals surface area contributed by atoms with Crippen LogP contribution in [0.15, 0.2) is 18.2 Å². The van der Waals surface area contributed by atoms with E-state index in [2.05, 4.69) is 11.0 Å². The first kappa shape index (κ1) is 13.0. The average molecular weight is 250 g/mol. The van der Waals surface area contributed by atoms with Gasteiger partial charge in [-0.2, -0.15) is 0 Å². The summed E-state index contributed by atoms with van der Waals surface area (Å²) in [5.74, 6) is 0.869. The third kappa shape index (κ3) is 3.29. The summed E-state index contributed by atoms with van der Waals surface area (Å²) in [7, 11) is 1.67. The SMILES string of the molecule is COCCOc1cc(N)ccc1N1CCCCC1. The van der Waals surface area contributed by atoms with Gasteiger partial charge in [-0.15, -0.1) is 0 Å². The predicted octanol–water partition coefficient (Wildman–Crippen LogP) is 2.28. The maximum Gasteiger partial charge on any atom is 0.144 e. The van der Waals surface area contributed by atoms with Crippen LogP contribution in [-0.4, -0.2) is 33.4 Å². The molecule has 18 heavy (non-hydrogen) atoms. The lowest BCUT2D eigenvalue weighted by Crippen LogP contribution is -2.29. The van der Waals surface area contributed by atoms with Crippen molar-refractivity contribution in [2.45, 2.75) is 19.3 Å². The number of methoxy groups -OCH3 is 1.